The van der Waals surface area contributed by atoms with Gasteiger partial charge in [-0.15, -0.1) is 0 Å². The molecule has 0 aliphatic rings. The number of hydrogen-bond acceptors (Lipinski definition) is 8. The van der Waals surface area contributed by atoms with Crippen molar-refractivity contribution in [2.45, 2.75) is 20.5 Å². The maximum Gasteiger partial charge on any atom is 0.355 e. The fourth-order valence-electron chi connectivity index (χ4n) is 2.02. The minimum atomic E-state index is -1.41. The molecule has 0 bridgehead atoms. The summed E-state index contributed by atoms with van der Waals surface area (Å²) in [7, 11) is 0. The van der Waals surface area contributed by atoms with Crippen LogP contribution in [0.4, 0.5) is 0 Å². The summed E-state index contributed by atoms with van der Waals surface area (Å²) in [4.78, 5) is 61.0. The van der Waals surface area contributed by atoms with Gasteiger partial charge in [0, 0.05) is 30.4 Å². The summed E-state index contributed by atoms with van der Waals surface area (Å²) >= 11 is 0. The smallest absolute Gasteiger partial charge is 0.355 e. The molecular weight excluding hydrogens is 372 g/mol. The molecule has 2 heterocycles. The molecular formula is C18H16N2O8. The average Bonchev–Trinajstić information content (AvgIpc) is 2.67. The third kappa shape index (κ3) is 5.61. The minimum absolute atomic E-state index is 0.114. The number of rotatable bonds is 6. The summed E-state index contributed by atoms with van der Waals surface area (Å²) in [6.07, 6.45) is 2.98. The standard InChI is InChI=1S/C10H9NO3.C8H7NO5/c1-6(13)9-3-8(5-12)4-11-10(9)7(2)14;10-3-4-1-5(7(11)12)6(8(13)14)9-2-4/h3-5H,1-2H3;1-2,10H,3H2,(H,11,12)(H,13,14). The quantitative estimate of drug-likeness (QED) is 0.483. The largest absolute Gasteiger partial charge is 0.478 e. The van der Waals surface area contributed by atoms with Crippen LogP contribution in [0.5, 0.6) is 0 Å². The number of aromatic nitrogens is 2. The monoisotopic (exact) mass is 388 g/mol. The lowest BCUT2D eigenvalue weighted by Gasteiger charge is -2.02. The number of Topliss-reactive ketones (excluding diaryl/α,β-unsaturated/α-hetero) is 2. The first kappa shape index (κ1) is 22.3. The molecule has 0 aromatic carbocycles. The van der Waals surface area contributed by atoms with Crippen LogP contribution in [0.25, 0.3) is 0 Å². The van der Waals surface area contributed by atoms with Gasteiger partial charge in [-0.25, -0.2) is 14.6 Å². The second kappa shape index (κ2) is 9.78. The molecule has 0 aliphatic heterocycles. The van der Waals surface area contributed by atoms with Crippen molar-refractivity contribution in [3.05, 3.63) is 58.2 Å². The fraction of sp³-hybridized carbons (Fsp3) is 0.167. The highest BCUT2D eigenvalue weighted by molar-refractivity contribution is 6.06. The first-order chi connectivity index (χ1) is 13.1. The van der Waals surface area contributed by atoms with Crippen LogP contribution in [0.15, 0.2) is 24.5 Å². The van der Waals surface area contributed by atoms with E-state index in [1.807, 2.05) is 0 Å². The second-order valence-electron chi connectivity index (χ2n) is 5.40. The van der Waals surface area contributed by atoms with Gasteiger partial charge in [0.15, 0.2) is 23.5 Å². The van der Waals surface area contributed by atoms with Gasteiger partial charge < -0.3 is 15.3 Å². The van der Waals surface area contributed by atoms with Crippen molar-refractivity contribution in [1.82, 2.24) is 9.97 Å². The number of aliphatic hydroxyl groups is 1. The van der Waals surface area contributed by atoms with E-state index in [0.29, 0.717) is 11.8 Å². The van der Waals surface area contributed by atoms with Crippen LogP contribution in [0.1, 0.15) is 71.5 Å². The average molecular weight is 388 g/mol. The van der Waals surface area contributed by atoms with Crippen molar-refractivity contribution in [1.29, 1.82) is 0 Å². The molecule has 0 aliphatic carbocycles. The summed E-state index contributed by atoms with van der Waals surface area (Å²) in [6, 6.07) is 2.46. The maximum atomic E-state index is 11.1. The van der Waals surface area contributed by atoms with Gasteiger partial charge in [-0.1, -0.05) is 0 Å². The highest BCUT2D eigenvalue weighted by Crippen LogP contribution is 2.10. The van der Waals surface area contributed by atoms with Crippen molar-refractivity contribution >= 4 is 29.8 Å². The number of nitrogens with zero attached hydrogens (tertiary/aromatic N) is 2. The normalized spacial score (nSPS) is 9.68. The Kier molecular flexibility index (Phi) is 7.77. The van der Waals surface area contributed by atoms with Crippen molar-refractivity contribution < 1.29 is 39.3 Å². The summed E-state index contributed by atoms with van der Waals surface area (Å²) in [6.45, 7) is 2.28. The highest BCUT2D eigenvalue weighted by Gasteiger charge is 2.17. The number of carboxylic acids is 2. The zero-order valence-corrected chi connectivity index (χ0v) is 14.9. The third-order valence-electron chi connectivity index (χ3n) is 3.32. The van der Waals surface area contributed by atoms with Crippen LogP contribution < -0.4 is 0 Å². The molecule has 28 heavy (non-hydrogen) atoms. The SMILES string of the molecule is CC(=O)c1cc(C=O)cnc1C(C)=O.O=C(O)c1cc(CO)cnc1C(=O)O. The molecule has 2 rings (SSSR count). The van der Waals surface area contributed by atoms with E-state index in [1.54, 1.807) is 0 Å². The van der Waals surface area contributed by atoms with E-state index in [2.05, 4.69) is 9.97 Å². The van der Waals surface area contributed by atoms with Crippen LogP contribution in [-0.2, 0) is 6.61 Å². The van der Waals surface area contributed by atoms with Gasteiger partial charge in [-0.3, -0.25) is 19.4 Å². The zero-order valence-electron chi connectivity index (χ0n) is 14.9. The number of carbonyl (C=O) groups is 5. The first-order valence-electron chi connectivity index (χ1n) is 7.65. The van der Waals surface area contributed by atoms with Gasteiger partial charge in [-0.2, -0.15) is 0 Å². The highest BCUT2D eigenvalue weighted by atomic mass is 16.4. The van der Waals surface area contributed by atoms with Crippen molar-refractivity contribution in [3.8, 4) is 0 Å². The lowest BCUT2D eigenvalue weighted by atomic mass is 10.1. The Morgan fingerprint density at radius 2 is 1.50 bits per heavy atom. The molecule has 0 unspecified atom stereocenters. The lowest BCUT2D eigenvalue weighted by molar-refractivity contribution is 0.0646. The Labute approximate surface area is 158 Å². The molecule has 10 heteroatoms. The molecule has 2 aromatic rings. The van der Waals surface area contributed by atoms with Gasteiger partial charge in [0.1, 0.15) is 5.69 Å². The molecule has 0 radical (unpaired) electrons. The number of hydrogen-bond donors (Lipinski definition) is 3. The van der Waals surface area contributed by atoms with Crippen molar-refractivity contribution in [3.63, 3.8) is 0 Å². The zero-order chi connectivity index (χ0) is 21.4. The molecule has 0 saturated heterocycles. The van der Waals surface area contributed by atoms with Crippen LogP contribution >= 0.6 is 0 Å². The van der Waals surface area contributed by atoms with E-state index in [-0.39, 0.29) is 35.0 Å². The predicted molar refractivity (Wildman–Crippen MR) is 93.7 cm³/mol. The Morgan fingerprint density at radius 3 is 1.93 bits per heavy atom. The number of aldehydes is 1. The maximum absolute atomic E-state index is 11.1. The Balaban J connectivity index is 0.000000280. The minimum Gasteiger partial charge on any atom is -0.478 e. The molecule has 0 saturated carbocycles. The third-order valence-corrected chi connectivity index (χ3v) is 3.32. The summed E-state index contributed by atoms with van der Waals surface area (Å²) in [5, 5.41) is 25.9. The Morgan fingerprint density at radius 1 is 0.893 bits per heavy atom. The second-order valence-corrected chi connectivity index (χ2v) is 5.40. The number of aromatic carboxylic acids is 2. The topological polar surface area (TPSA) is 172 Å². The van der Waals surface area contributed by atoms with Crippen LogP contribution in [0, 0.1) is 0 Å². The fourth-order valence-corrected chi connectivity index (χ4v) is 2.02. The van der Waals surface area contributed by atoms with E-state index in [9.17, 15) is 24.0 Å². The molecule has 0 fully saturated rings. The summed E-state index contributed by atoms with van der Waals surface area (Å²) in [5.74, 6) is -3.35. The molecule has 0 amide bonds. The van der Waals surface area contributed by atoms with E-state index < -0.39 is 23.2 Å². The number of carboxylic acid groups (broad SMARTS) is 2. The van der Waals surface area contributed by atoms with Crippen LogP contribution in [0.3, 0.4) is 0 Å². The number of ketones is 2. The summed E-state index contributed by atoms with van der Waals surface area (Å²) in [5.41, 5.74) is -0.100. The van der Waals surface area contributed by atoms with Gasteiger partial charge in [0.25, 0.3) is 0 Å². The van der Waals surface area contributed by atoms with E-state index in [4.69, 9.17) is 15.3 Å². The molecule has 146 valence electrons. The molecule has 3 N–H and O–H groups in total. The van der Waals surface area contributed by atoms with Crippen molar-refractivity contribution in [2.24, 2.45) is 0 Å². The lowest BCUT2D eigenvalue weighted by Crippen LogP contribution is -2.11. The van der Waals surface area contributed by atoms with E-state index in [1.165, 1.54) is 26.1 Å². The molecule has 0 spiro atoms. The van der Waals surface area contributed by atoms with Crippen LogP contribution in [-0.4, -0.2) is 55.1 Å². The number of pyridine rings is 2. The predicted octanol–water partition coefficient (Wildman–Crippen LogP) is 1.27. The Bertz CT molecular complexity index is 953. The molecule has 0 atom stereocenters. The van der Waals surface area contributed by atoms with Crippen LogP contribution in [0.2, 0.25) is 0 Å². The Hall–Kier alpha value is -3.79. The van der Waals surface area contributed by atoms with Crippen molar-refractivity contribution in [2.75, 3.05) is 0 Å². The summed E-state index contributed by atoms with van der Waals surface area (Å²) < 4.78 is 0. The number of aliphatic hydroxyl groups excluding tert-OH is 1. The first-order valence-corrected chi connectivity index (χ1v) is 7.65. The molecule has 10 nitrogen and oxygen atoms in total. The van der Waals surface area contributed by atoms with E-state index in [0.717, 1.165) is 12.3 Å². The van der Waals surface area contributed by atoms with Gasteiger partial charge in [-0.05, 0) is 24.6 Å². The van der Waals surface area contributed by atoms with Gasteiger partial charge >= 0.3 is 11.9 Å². The molecule has 2 aromatic heterocycles. The number of carbonyl (C=O) groups excluding carboxylic acids is 3. The van der Waals surface area contributed by atoms with Gasteiger partial charge in [0.05, 0.1) is 12.2 Å². The van der Waals surface area contributed by atoms with E-state index >= 15 is 0 Å². The van der Waals surface area contributed by atoms with Gasteiger partial charge in [0.2, 0.25) is 0 Å².